The van der Waals surface area contributed by atoms with Crippen molar-refractivity contribution >= 4 is 10.9 Å². The second-order valence-electron chi connectivity index (χ2n) is 2.46. The molecule has 12 heavy (non-hydrogen) atoms. The molecule has 0 bridgehead atoms. The summed E-state index contributed by atoms with van der Waals surface area (Å²) in [7, 11) is 0. The number of pyridine rings is 1. The van der Waals surface area contributed by atoms with Crippen molar-refractivity contribution in [3.8, 4) is 5.75 Å². The van der Waals surface area contributed by atoms with Gasteiger partial charge in [0.2, 0.25) is 5.95 Å². The summed E-state index contributed by atoms with van der Waals surface area (Å²) in [5.74, 6) is -0.863. The summed E-state index contributed by atoms with van der Waals surface area (Å²) in [6, 6.07) is 7.50. The SMILES string of the molecule is [O-]c1cccc2ccc(F)nc12. The third-order valence-corrected chi connectivity index (χ3v) is 1.65. The molecule has 2 aromatic rings. The lowest BCUT2D eigenvalue weighted by molar-refractivity contribution is -0.266. The average Bonchev–Trinajstić information content (AvgIpc) is 2.07. The number of fused-ring (bicyclic) bond motifs is 1. The Hall–Kier alpha value is -1.64. The van der Waals surface area contributed by atoms with Crippen LogP contribution >= 0.6 is 0 Å². The van der Waals surface area contributed by atoms with Gasteiger partial charge in [0, 0.05) is 0 Å². The van der Waals surface area contributed by atoms with Crippen LogP contribution in [0.15, 0.2) is 30.3 Å². The normalized spacial score (nSPS) is 10.4. The van der Waals surface area contributed by atoms with Crippen LogP contribution in [0.2, 0.25) is 0 Å². The van der Waals surface area contributed by atoms with Crippen LogP contribution in [0.1, 0.15) is 0 Å². The first-order chi connectivity index (χ1) is 5.77. The number of benzene rings is 1. The van der Waals surface area contributed by atoms with Gasteiger partial charge in [-0.15, -0.1) is 0 Å². The standard InChI is InChI=1S/C9H6FNO/c10-8-5-4-6-2-1-3-7(12)9(6)11-8/h1-5,12H/p-1. The maximum Gasteiger partial charge on any atom is 0.213 e. The van der Waals surface area contributed by atoms with Crippen molar-refractivity contribution in [3.63, 3.8) is 0 Å². The largest absolute Gasteiger partial charge is 0.871 e. The fourth-order valence-corrected chi connectivity index (χ4v) is 1.10. The van der Waals surface area contributed by atoms with Crippen molar-refractivity contribution in [1.82, 2.24) is 4.98 Å². The first kappa shape index (κ1) is 7.03. The topological polar surface area (TPSA) is 36.0 Å². The van der Waals surface area contributed by atoms with E-state index in [1.54, 1.807) is 18.2 Å². The third kappa shape index (κ3) is 0.993. The van der Waals surface area contributed by atoms with Crippen molar-refractivity contribution in [2.75, 3.05) is 0 Å². The van der Waals surface area contributed by atoms with Crippen molar-refractivity contribution in [2.45, 2.75) is 0 Å². The molecule has 2 rings (SSSR count). The molecule has 2 nitrogen and oxygen atoms in total. The zero-order valence-electron chi connectivity index (χ0n) is 6.12. The first-order valence-electron chi connectivity index (χ1n) is 3.50. The van der Waals surface area contributed by atoms with Gasteiger partial charge < -0.3 is 5.11 Å². The highest BCUT2D eigenvalue weighted by atomic mass is 19.1. The monoisotopic (exact) mass is 162 g/mol. The second kappa shape index (κ2) is 2.44. The minimum atomic E-state index is -0.620. The molecular weight excluding hydrogens is 157 g/mol. The molecule has 0 amide bonds. The zero-order chi connectivity index (χ0) is 8.55. The van der Waals surface area contributed by atoms with Gasteiger partial charge in [-0.25, -0.2) is 4.98 Å². The summed E-state index contributed by atoms with van der Waals surface area (Å²) >= 11 is 0. The molecule has 0 aliphatic rings. The molecular formula is C9H5FNO-. The summed E-state index contributed by atoms with van der Waals surface area (Å²) in [6.07, 6.45) is 0. The van der Waals surface area contributed by atoms with Crippen molar-refractivity contribution in [2.24, 2.45) is 0 Å². The predicted molar refractivity (Wildman–Crippen MR) is 41.1 cm³/mol. The van der Waals surface area contributed by atoms with Crippen LogP contribution < -0.4 is 5.11 Å². The molecule has 0 fully saturated rings. The van der Waals surface area contributed by atoms with Gasteiger partial charge in [0.25, 0.3) is 0 Å². The van der Waals surface area contributed by atoms with Crippen molar-refractivity contribution < 1.29 is 9.50 Å². The van der Waals surface area contributed by atoms with Gasteiger partial charge in [-0.05, 0) is 17.5 Å². The van der Waals surface area contributed by atoms with Gasteiger partial charge in [0.1, 0.15) is 0 Å². The Labute approximate surface area is 68.3 Å². The van der Waals surface area contributed by atoms with Gasteiger partial charge >= 0.3 is 0 Å². The van der Waals surface area contributed by atoms with E-state index in [2.05, 4.69) is 4.98 Å². The molecule has 1 aromatic carbocycles. The van der Waals surface area contributed by atoms with Crippen molar-refractivity contribution in [3.05, 3.63) is 36.3 Å². The lowest BCUT2D eigenvalue weighted by Gasteiger charge is -2.07. The quantitative estimate of drug-likeness (QED) is 0.549. The summed E-state index contributed by atoms with van der Waals surface area (Å²) in [5.41, 5.74) is 0.192. The van der Waals surface area contributed by atoms with Crippen LogP contribution in [0.4, 0.5) is 4.39 Å². The maximum absolute atomic E-state index is 12.6. The Balaban J connectivity index is 2.88. The third-order valence-electron chi connectivity index (χ3n) is 1.65. The number of hydrogen-bond acceptors (Lipinski definition) is 2. The minimum absolute atomic E-state index is 0.192. The number of para-hydroxylation sites is 1. The number of nitrogens with zero attached hydrogens (tertiary/aromatic N) is 1. The van der Waals surface area contributed by atoms with Crippen LogP contribution in [0, 0.1) is 5.95 Å². The molecule has 0 aliphatic heterocycles. The molecule has 0 saturated carbocycles. The van der Waals surface area contributed by atoms with Gasteiger partial charge in [0.15, 0.2) is 0 Å². The lowest BCUT2D eigenvalue weighted by atomic mass is 10.2. The molecule has 0 atom stereocenters. The Morgan fingerprint density at radius 2 is 2.00 bits per heavy atom. The lowest BCUT2D eigenvalue weighted by Crippen LogP contribution is -1.93. The highest BCUT2D eigenvalue weighted by Gasteiger charge is 1.95. The van der Waals surface area contributed by atoms with E-state index in [0.29, 0.717) is 5.39 Å². The molecule has 0 N–H and O–H groups in total. The molecule has 0 saturated heterocycles. The number of rotatable bonds is 0. The van der Waals surface area contributed by atoms with Crippen LogP contribution in [0.25, 0.3) is 10.9 Å². The van der Waals surface area contributed by atoms with Gasteiger partial charge in [0.05, 0.1) is 5.52 Å². The van der Waals surface area contributed by atoms with Gasteiger partial charge in [-0.2, -0.15) is 4.39 Å². The molecule has 0 spiro atoms. The molecule has 1 aromatic heterocycles. The van der Waals surface area contributed by atoms with E-state index in [-0.39, 0.29) is 11.3 Å². The molecule has 3 heteroatoms. The summed E-state index contributed by atoms with van der Waals surface area (Å²) < 4.78 is 12.6. The Kier molecular flexibility index (Phi) is 1.43. The Bertz CT molecular complexity index is 428. The molecule has 60 valence electrons. The van der Waals surface area contributed by atoms with E-state index in [9.17, 15) is 9.50 Å². The highest BCUT2D eigenvalue weighted by molar-refractivity contribution is 5.83. The van der Waals surface area contributed by atoms with E-state index in [1.807, 2.05) is 0 Å². The van der Waals surface area contributed by atoms with E-state index >= 15 is 0 Å². The van der Waals surface area contributed by atoms with Crippen LogP contribution in [0.5, 0.6) is 5.75 Å². The molecule has 1 heterocycles. The minimum Gasteiger partial charge on any atom is -0.871 e. The van der Waals surface area contributed by atoms with E-state index < -0.39 is 5.95 Å². The summed E-state index contributed by atoms with van der Waals surface area (Å²) in [5, 5.41) is 11.8. The number of aromatic nitrogens is 1. The van der Waals surface area contributed by atoms with Gasteiger partial charge in [-0.3, -0.25) is 0 Å². The van der Waals surface area contributed by atoms with Crippen molar-refractivity contribution in [1.29, 1.82) is 0 Å². The Morgan fingerprint density at radius 3 is 2.83 bits per heavy atom. The summed E-state index contributed by atoms with van der Waals surface area (Å²) in [4.78, 5) is 3.50. The zero-order valence-corrected chi connectivity index (χ0v) is 6.12. The first-order valence-corrected chi connectivity index (χ1v) is 3.50. The predicted octanol–water partition coefficient (Wildman–Crippen LogP) is 1.45. The smallest absolute Gasteiger partial charge is 0.213 e. The van der Waals surface area contributed by atoms with E-state index in [1.165, 1.54) is 12.1 Å². The fourth-order valence-electron chi connectivity index (χ4n) is 1.10. The molecule has 0 aliphatic carbocycles. The second-order valence-corrected chi connectivity index (χ2v) is 2.46. The summed E-state index contributed by atoms with van der Waals surface area (Å²) in [6.45, 7) is 0. The fraction of sp³-hybridized carbons (Fsp3) is 0. The van der Waals surface area contributed by atoms with Gasteiger partial charge in [-0.1, -0.05) is 23.9 Å². The average molecular weight is 162 g/mol. The van der Waals surface area contributed by atoms with Crippen LogP contribution in [-0.2, 0) is 0 Å². The van der Waals surface area contributed by atoms with E-state index in [0.717, 1.165) is 0 Å². The number of hydrogen-bond donors (Lipinski definition) is 0. The molecule has 0 radical (unpaired) electrons. The van der Waals surface area contributed by atoms with Crippen LogP contribution in [0.3, 0.4) is 0 Å². The van der Waals surface area contributed by atoms with E-state index in [4.69, 9.17) is 0 Å². The Morgan fingerprint density at radius 1 is 1.17 bits per heavy atom. The molecule has 0 unspecified atom stereocenters. The highest BCUT2D eigenvalue weighted by Crippen LogP contribution is 2.19. The maximum atomic E-state index is 12.6. The van der Waals surface area contributed by atoms with Crippen LogP contribution in [-0.4, -0.2) is 4.98 Å². The number of halogens is 1.